The highest BCUT2D eigenvalue weighted by Gasteiger charge is 2.44. The van der Waals surface area contributed by atoms with Gasteiger partial charge in [-0.05, 0) is 104 Å². The summed E-state index contributed by atoms with van der Waals surface area (Å²) in [5, 5.41) is 0.0513. The Bertz CT molecular complexity index is 1680. The third kappa shape index (κ3) is 7.61. The minimum atomic E-state index is -3.92. The summed E-state index contributed by atoms with van der Waals surface area (Å²) in [4.78, 5) is 18.4. The Labute approximate surface area is 302 Å². The third-order valence-electron chi connectivity index (χ3n) is 11.9. The van der Waals surface area contributed by atoms with Crippen LogP contribution in [0.4, 0.5) is 5.69 Å². The van der Waals surface area contributed by atoms with Gasteiger partial charge in [-0.15, -0.1) is 0 Å². The molecule has 1 N–H and O–H groups in total. The van der Waals surface area contributed by atoms with Crippen molar-refractivity contribution >= 4 is 33.2 Å². The molecule has 5 aliphatic rings. The molecule has 272 valence electrons. The maximum atomic E-state index is 13.6. The van der Waals surface area contributed by atoms with E-state index in [4.69, 9.17) is 25.8 Å². The van der Waals surface area contributed by atoms with Gasteiger partial charge < -0.3 is 19.1 Å². The molecule has 2 aromatic carbocycles. The van der Waals surface area contributed by atoms with E-state index in [1.165, 1.54) is 11.1 Å². The smallest absolute Gasteiger partial charge is 0.264 e. The predicted molar refractivity (Wildman–Crippen MR) is 197 cm³/mol. The number of hydrogen-bond donors (Lipinski definition) is 1. The number of hydrogen-bond acceptors (Lipinski definition) is 8. The summed E-state index contributed by atoms with van der Waals surface area (Å²) < 4.78 is 48.5. The first kappa shape index (κ1) is 35.8. The van der Waals surface area contributed by atoms with Crippen LogP contribution in [-0.2, 0) is 31.3 Å². The molecule has 3 heterocycles. The van der Waals surface area contributed by atoms with Gasteiger partial charge in [0.1, 0.15) is 5.75 Å². The third-order valence-corrected chi connectivity index (χ3v) is 14.0. The fraction of sp³-hybridized carbons (Fsp3) is 0.615. The number of fused-ring (bicyclic) bond motifs is 4. The van der Waals surface area contributed by atoms with Gasteiger partial charge in [-0.1, -0.05) is 43.7 Å². The van der Waals surface area contributed by atoms with Crippen molar-refractivity contribution in [2.75, 3.05) is 64.1 Å². The summed E-state index contributed by atoms with van der Waals surface area (Å²) in [5.41, 5.74) is 3.47. The summed E-state index contributed by atoms with van der Waals surface area (Å²) in [6.07, 6.45) is 10.3. The first-order valence-corrected chi connectivity index (χ1v) is 20.5. The van der Waals surface area contributed by atoms with Gasteiger partial charge in [-0.3, -0.25) is 9.69 Å². The molecule has 0 aromatic heterocycles. The number of carbonyl (C=O) groups is 1. The summed E-state index contributed by atoms with van der Waals surface area (Å²) in [6, 6.07) is 11.6. The number of sulfonamides is 1. The lowest BCUT2D eigenvalue weighted by Crippen LogP contribution is -2.50. The molecule has 0 radical (unpaired) electrons. The summed E-state index contributed by atoms with van der Waals surface area (Å²) in [7, 11) is -3.92. The fourth-order valence-corrected chi connectivity index (χ4v) is 10.6. The molecule has 1 spiro atoms. The molecule has 1 saturated heterocycles. The van der Waals surface area contributed by atoms with Crippen molar-refractivity contribution < 1.29 is 27.4 Å². The second-order valence-corrected chi connectivity index (χ2v) is 17.6. The first-order chi connectivity index (χ1) is 24.1. The standard InChI is InChI=1S/C39H52ClN3O6S/c1-3-32-21-27(2)6-12-36(48-20-17-42-15-18-47-19-16-42)33-10-7-30(33)24-43-25-39(14-4-5-28-22-31(40)9-11-34(28)39)26-49-37-13-8-29(23-35(37)43)38(44)41-50(32,45)46/h6,8-9,11-13,22-23,27,30,32-33,36H,3-5,7,10,14-21,24-26H2,1-2H3,(H,41,44)/b12-6-/t27-,30+,32-,33-,36+,39+/m1/s1. The number of halogens is 1. The van der Waals surface area contributed by atoms with E-state index in [2.05, 4.69) is 45.7 Å². The number of carbonyl (C=O) groups excluding carboxylic acids is 1. The number of morpholine rings is 1. The molecule has 2 fully saturated rings. The van der Waals surface area contributed by atoms with Crippen LogP contribution in [0.3, 0.4) is 0 Å². The number of anilines is 1. The maximum absolute atomic E-state index is 13.6. The van der Waals surface area contributed by atoms with E-state index in [-0.39, 0.29) is 17.4 Å². The second-order valence-electron chi connectivity index (χ2n) is 15.2. The Morgan fingerprint density at radius 2 is 1.94 bits per heavy atom. The van der Waals surface area contributed by atoms with Crippen LogP contribution in [-0.4, -0.2) is 89.7 Å². The van der Waals surface area contributed by atoms with Crippen LogP contribution < -0.4 is 14.4 Å². The lowest BCUT2D eigenvalue weighted by Gasteiger charge is -2.46. The van der Waals surface area contributed by atoms with Crippen molar-refractivity contribution in [2.24, 2.45) is 17.8 Å². The molecule has 50 heavy (non-hydrogen) atoms. The molecule has 1 amide bonds. The van der Waals surface area contributed by atoms with Gasteiger partial charge >= 0.3 is 0 Å². The van der Waals surface area contributed by atoms with E-state index in [0.717, 1.165) is 94.5 Å². The molecular weight excluding hydrogens is 674 g/mol. The van der Waals surface area contributed by atoms with E-state index in [0.29, 0.717) is 43.5 Å². The fourth-order valence-electron chi connectivity index (χ4n) is 8.83. The zero-order valence-corrected chi connectivity index (χ0v) is 31.0. The topological polar surface area (TPSA) is 97.4 Å². The zero-order valence-electron chi connectivity index (χ0n) is 29.4. The molecule has 0 unspecified atom stereocenters. The van der Waals surface area contributed by atoms with E-state index < -0.39 is 21.2 Å². The SMILES string of the molecule is CC[C@@H]1C[C@H](C)/C=C\[C@H](OCCN2CCOCC2)[C@@H]2CC[C@H]2CN2C[C@@]3(CCCc4cc(Cl)ccc43)COc3ccc(cc32)C(=O)NS1(=O)=O. The highest BCUT2D eigenvalue weighted by atomic mass is 35.5. The Hall–Kier alpha value is -2.63. The Kier molecular flexibility index (Phi) is 10.8. The van der Waals surface area contributed by atoms with Gasteiger partial charge in [-0.25, -0.2) is 13.1 Å². The van der Waals surface area contributed by atoms with Crippen molar-refractivity contribution in [2.45, 2.75) is 75.6 Å². The monoisotopic (exact) mass is 725 g/mol. The molecule has 7 rings (SSSR count). The molecule has 6 atom stereocenters. The molecule has 3 aliphatic heterocycles. The number of rotatable bonds is 5. The Morgan fingerprint density at radius 3 is 2.72 bits per heavy atom. The molecule has 11 heteroatoms. The molecule has 2 aliphatic carbocycles. The van der Waals surface area contributed by atoms with Crippen LogP contribution in [0.1, 0.15) is 73.9 Å². The average molecular weight is 726 g/mol. The molecular formula is C39H52ClN3O6S. The molecule has 1 saturated carbocycles. The number of amides is 1. The van der Waals surface area contributed by atoms with E-state index in [9.17, 15) is 13.2 Å². The zero-order chi connectivity index (χ0) is 34.9. The second kappa shape index (κ2) is 15.2. The van der Waals surface area contributed by atoms with E-state index in [1.807, 2.05) is 25.1 Å². The van der Waals surface area contributed by atoms with Gasteiger partial charge in [0.15, 0.2) is 0 Å². The van der Waals surface area contributed by atoms with Crippen molar-refractivity contribution in [3.05, 3.63) is 70.3 Å². The van der Waals surface area contributed by atoms with Gasteiger partial charge in [0.2, 0.25) is 10.0 Å². The highest BCUT2D eigenvalue weighted by molar-refractivity contribution is 7.90. The highest BCUT2D eigenvalue weighted by Crippen LogP contribution is 2.47. The van der Waals surface area contributed by atoms with Crippen molar-refractivity contribution in [3.8, 4) is 5.75 Å². The van der Waals surface area contributed by atoms with Crippen LogP contribution in [0, 0.1) is 17.8 Å². The van der Waals surface area contributed by atoms with Gasteiger partial charge in [0.25, 0.3) is 5.91 Å². The van der Waals surface area contributed by atoms with Gasteiger partial charge in [0, 0.05) is 48.7 Å². The van der Waals surface area contributed by atoms with Crippen molar-refractivity contribution in [3.63, 3.8) is 0 Å². The minimum absolute atomic E-state index is 0.00299. The number of ether oxygens (including phenoxy) is 3. The predicted octanol–water partition coefficient (Wildman–Crippen LogP) is 5.99. The van der Waals surface area contributed by atoms with Crippen molar-refractivity contribution in [1.29, 1.82) is 0 Å². The first-order valence-electron chi connectivity index (χ1n) is 18.6. The number of nitrogens with zero attached hydrogens (tertiary/aromatic N) is 2. The largest absolute Gasteiger partial charge is 0.490 e. The van der Waals surface area contributed by atoms with Crippen LogP contribution >= 0.6 is 11.6 Å². The minimum Gasteiger partial charge on any atom is -0.490 e. The van der Waals surface area contributed by atoms with Gasteiger partial charge in [-0.2, -0.15) is 0 Å². The van der Waals surface area contributed by atoms with Crippen LogP contribution in [0.25, 0.3) is 0 Å². The van der Waals surface area contributed by atoms with Crippen LogP contribution in [0.5, 0.6) is 5.75 Å². The van der Waals surface area contributed by atoms with Crippen molar-refractivity contribution in [1.82, 2.24) is 9.62 Å². The van der Waals surface area contributed by atoms with Crippen LogP contribution in [0.2, 0.25) is 5.02 Å². The Balaban J connectivity index is 1.24. The number of allylic oxidation sites excluding steroid dienone is 1. The molecule has 2 aromatic rings. The van der Waals surface area contributed by atoms with E-state index >= 15 is 0 Å². The lowest BCUT2D eigenvalue weighted by molar-refractivity contribution is -0.0315. The van der Waals surface area contributed by atoms with E-state index in [1.54, 1.807) is 6.07 Å². The summed E-state index contributed by atoms with van der Waals surface area (Å²) >= 11 is 6.47. The summed E-state index contributed by atoms with van der Waals surface area (Å²) in [5.74, 6) is 0.825. The normalized spacial score (nSPS) is 32.1. The lowest BCUT2D eigenvalue weighted by atomic mass is 9.68. The maximum Gasteiger partial charge on any atom is 0.264 e. The number of nitrogens with one attached hydrogen (secondary N) is 1. The average Bonchev–Trinajstić information content (AvgIpc) is 3.24. The van der Waals surface area contributed by atoms with Gasteiger partial charge in [0.05, 0.1) is 43.5 Å². The number of aryl methyl sites for hydroxylation is 1. The Morgan fingerprint density at radius 1 is 1.10 bits per heavy atom. The van der Waals surface area contributed by atoms with Crippen LogP contribution in [0.15, 0.2) is 48.6 Å². The molecule has 9 nitrogen and oxygen atoms in total. The molecule has 2 bridgehead atoms. The summed E-state index contributed by atoms with van der Waals surface area (Å²) in [6.45, 7) is 10.8. The quantitative estimate of drug-likeness (QED) is 0.376. The number of benzene rings is 2.